The fraction of sp³-hybridized carbons (Fsp3) is 0.200. The number of thiophene rings is 1. The first-order valence-corrected chi connectivity index (χ1v) is 7.87. The minimum Gasteiger partial charge on any atom is -0.469 e. The third-order valence-electron chi connectivity index (χ3n) is 2.87. The smallest absolute Gasteiger partial charge is 0.310 e. The lowest BCUT2D eigenvalue weighted by Gasteiger charge is -2.04. The zero-order chi connectivity index (χ0) is 14.7. The molecule has 1 heterocycles. The Hall–Kier alpha value is -1.21. The Morgan fingerprint density at radius 1 is 1.25 bits per heavy atom. The van der Waals surface area contributed by atoms with E-state index >= 15 is 0 Å². The first-order valence-electron chi connectivity index (χ1n) is 5.98. The Morgan fingerprint density at radius 3 is 2.70 bits per heavy atom. The molecule has 0 N–H and O–H groups in total. The average Bonchev–Trinajstić information content (AvgIpc) is 2.89. The molecule has 0 saturated heterocycles. The zero-order valence-corrected chi connectivity index (χ0v) is 14.1. The maximum absolute atomic E-state index is 12.5. The zero-order valence-electron chi connectivity index (χ0n) is 11.1. The van der Waals surface area contributed by atoms with E-state index in [4.69, 9.17) is 0 Å². The number of methoxy groups -OCH3 is 1. The minimum atomic E-state index is -0.295. The van der Waals surface area contributed by atoms with Crippen LogP contribution in [0.25, 0.3) is 0 Å². The van der Waals surface area contributed by atoms with Crippen LogP contribution in [-0.2, 0) is 16.0 Å². The standard InChI is InChI=1S/C15H13IO3S/c1-9-4-3-5-11(14(9)16)15(18)12-7-6-10(20-12)8-13(17)19-2/h3-7H,8H2,1-2H3. The Bertz CT molecular complexity index is 661. The Kier molecular flexibility index (Phi) is 4.93. The summed E-state index contributed by atoms with van der Waals surface area (Å²) in [4.78, 5) is 25.2. The minimum absolute atomic E-state index is 0.000726. The van der Waals surface area contributed by atoms with Crippen molar-refractivity contribution in [1.82, 2.24) is 0 Å². The molecule has 0 saturated carbocycles. The monoisotopic (exact) mass is 400 g/mol. The van der Waals surface area contributed by atoms with E-state index in [9.17, 15) is 9.59 Å². The summed E-state index contributed by atoms with van der Waals surface area (Å²) in [5.74, 6) is -0.296. The highest BCUT2D eigenvalue weighted by Gasteiger charge is 2.16. The molecule has 20 heavy (non-hydrogen) atoms. The molecule has 5 heteroatoms. The summed E-state index contributed by atoms with van der Waals surface area (Å²) >= 11 is 3.53. The summed E-state index contributed by atoms with van der Waals surface area (Å²) in [7, 11) is 1.36. The second kappa shape index (κ2) is 6.49. The topological polar surface area (TPSA) is 43.4 Å². The number of hydrogen-bond acceptors (Lipinski definition) is 4. The molecule has 0 unspecified atom stereocenters. The Balaban J connectivity index is 2.26. The summed E-state index contributed by atoms with van der Waals surface area (Å²) in [5.41, 5.74) is 1.79. The summed E-state index contributed by atoms with van der Waals surface area (Å²) < 4.78 is 5.60. The predicted molar refractivity (Wildman–Crippen MR) is 87.4 cm³/mol. The highest BCUT2D eigenvalue weighted by atomic mass is 127. The number of rotatable bonds is 4. The molecule has 0 aliphatic carbocycles. The lowest BCUT2D eigenvalue weighted by atomic mass is 10.1. The molecule has 0 atom stereocenters. The molecule has 3 nitrogen and oxygen atoms in total. The van der Waals surface area contributed by atoms with Crippen LogP contribution in [0, 0.1) is 10.5 Å². The van der Waals surface area contributed by atoms with Crippen molar-refractivity contribution in [1.29, 1.82) is 0 Å². The third kappa shape index (κ3) is 3.27. The lowest BCUT2D eigenvalue weighted by molar-refractivity contribution is -0.139. The molecular formula is C15H13IO3S. The van der Waals surface area contributed by atoms with Gasteiger partial charge in [-0.25, -0.2) is 0 Å². The van der Waals surface area contributed by atoms with Gasteiger partial charge in [-0.15, -0.1) is 11.3 Å². The van der Waals surface area contributed by atoms with E-state index in [0.29, 0.717) is 10.4 Å². The molecule has 2 rings (SSSR count). The van der Waals surface area contributed by atoms with E-state index in [-0.39, 0.29) is 18.2 Å². The van der Waals surface area contributed by atoms with Gasteiger partial charge in [-0.2, -0.15) is 0 Å². The van der Waals surface area contributed by atoms with E-state index in [1.54, 1.807) is 12.1 Å². The highest BCUT2D eigenvalue weighted by molar-refractivity contribution is 14.1. The molecule has 0 spiro atoms. The summed E-state index contributed by atoms with van der Waals surface area (Å²) in [6.45, 7) is 1.98. The number of ether oxygens (including phenoxy) is 1. The van der Waals surface area contributed by atoms with Gasteiger partial charge in [0.15, 0.2) is 0 Å². The van der Waals surface area contributed by atoms with Crippen LogP contribution in [0.4, 0.5) is 0 Å². The van der Waals surface area contributed by atoms with Gasteiger partial charge in [0.2, 0.25) is 5.78 Å². The maximum atomic E-state index is 12.5. The van der Waals surface area contributed by atoms with Crippen LogP contribution in [0.1, 0.15) is 25.7 Å². The van der Waals surface area contributed by atoms with Gasteiger partial charge in [-0.05, 0) is 53.3 Å². The Labute approximate surface area is 135 Å². The van der Waals surface area contributed by atoms with Crippen molar-refractivity contribution in [2.45, 2.75) is 13.3 Å². The van der Waals surface area contributed by atoms with Crippen molar-refractivity contribution in [3.05, 3.63) is 54.8 Å². The number of ketones is 1. The largest absolute Gasteiger partial charge is 0.469 e. The van der Waals surface area contributed by atoms with Gasteiger partial charge in [-0.3, -0.25) is 9.59 Å². The fourth-order valence-corrected chi connectivity index (χ4v) is 3.32. The van der Waals surface area contributed by atoms with Crippen LogP contribution in [0.5, 0.6) is 0 Å². The van der Waals surface area contributed by atoms with E-state index in [2.05, 4.69) is 27.3 Å². The maximum Gasteiger partial charge on any atom is 0.310 e. The van der Waals surface area contributed by atoms with Gasteiger partial charge < -0.3 is 4.74 Å². The van der Waals surface area contributed by atoms with Crippen LogP contribution in [-0.4, -0.2) is 18.9 Å². The van der Waals surface area contributed by atoms with Gasteiger partial charge >= 0.3 is 5.97 Å². The number of carbonyl (C=O) groups excluding carboxylic acids is 2. The van der Waals surface area contributed by atoms with Crippen LogP contribution in [0.15, 0.2) is 30.3 Å². The molecule has 2 aromatic rings. The average molecular weight is 400 g/mol. The Morgan fingerprint density at radius 2 is 2.00 bits per heavy atom. The lowest BCUT2D eigenvalue weighted by Crippen LogP contribution is -2.03. The van der Waals surface area contributed by atoms with Gasteiger partial charge in [0.1, 0.15) is 0 Å². The molecule has 104 valence electrons. The van der Waals surface area contributed by atoms with E-state index in [1.807, 2.05) is 25.1 Å². The molecule has 1 aromatic carbocycles. The van der Waals surface area contributed by atoms with Crippen molar-refractivity contribution >= 4 is 45.7 Å². The predicted octanol–water partition coefficient (Wildman–Crippen LogP) is 3.61. The quantitative estimate of drug-likeness (QED) is 0.448. The summed E-state index contributed by atoms with van der Waals surface area (Å²) in [6.07, 6.45) is 0.208. The van der Waals surface area contributed by atoms with Crippen LogP contribution in [0.2, 0.25) is 0 Å². The molecule has 0 amide bonds. The van der Waals surface area contributed by atoms with Crippen molar-refractivity contribution in [3.63, 3.8) is 0 Å². The molecule has 0 fully saturated rings. The molecule has 0 aliphatic heterocycles. The van der Waals surface area contributed by atoms with Crippen molar-refractivity contribution in [2.24, 2.45) is 0 Å². The molecule has 0 radical (unpaired) electrons. The second-order valence-corrected chi connectivity index (χ2v) is 6.53. The fourth-order valence-electron chi connectivity index (χ4n) is 1.76. The van der Waals surface area contributed by atoms with E-state index in [0.717, 1.165) is 14.0 Å². The summed E-state index contributed by atoms with van der Waals surface area (Å²) in [5, 5.41) is 0. The van der Waals surface area contributed by atoms with Crippen molar-refractivity contribution in [3.8, 4) is 0 Å². The van der Waals surface area contributed by atoms with Crippen molar-refractivity contribution < 1.29 is 14.3 Å². The van der Waals surface area contributed by atoms with E-state index in [1.165, 1.54) is 18.4 Å². The molecule has 1 aromatic heterocycles. The van der Waals surface area contributed by atoms with Gasteiger partial charge in [0.25, 0.3) is 0 Å². The molecule has 0 bridgehead atoms. The number of carbonyl (C=O) groups is 2. The highest BCUT2D eigenvalue weighted by Crippen LogP contribution is 2.24. The third-order valence-corrected chi connectivity index (χ3v) is 5.38. The normalized spacial score (nSPS) is 10.3. The van der Waals surface area contributed by atoms with Gasteiger partial charge in [0.05, 0.1) is 18.4 Å². The summed E-state index contributed by atoms with van der Waals surface area (Å²) in [6, 6.07) is 9.27. The second-order valence-electron chi connectivity index (χ2n) is 4.28. The van der Waals surface area contributed by atoms with Crippen LogP contribution < -0.4 is 0 Å². The van der Waals surface area contributed by atoms with Crippen molar-refractivity contribution in [2.75, 3.05) is 7.11 Å². The molecular weight excluding hydrogens is 387 g/mol. The van der Waals surface area contributed by atoms with Crippen LogP contribution >= 0.6 is 33.9 Å². The molecule has 0 aliphatic rings. The number of aryl methyl sites for hydroxylation is 1. The number of hydrogen-bond donors (Lipinski definition) is 0. The number of halogens is 1. The van der Waals surface area contributed by atoms with Crippen LogP contribution in [0.3, 0.4) is 0 Å². The first kappa shape index (κ1) is 15.2. The number of benzene rings is 1. The van der Waals surface area contributed by atoms with Gasteiger partial charge in [0, 0.05) is 14.0 Å². The first-order chi connectivity index (χ1) is 9.52. The van der Waals surface area contributed by atoms with Gasteiger partial charge in [-0.1, -0.05) is 12.1 Å². The van der Waals surface area contributed by atoms with E-state index < -0.39 is 0 Å². The number of esters is 1. The SMILES string of the molecule is COC(=O)Cc1ccc(C(=O)c2cccc(C)c2I)s1.